The molecule has 8 aromatic rings. The van der Waals surface area contributed by atoms with E-state index in [2.05, 4.69) is 25.6 Å². The molecule has 0 aliphatic rings. The number of anilines is 4. The van der Waals surface area contributed by atoms with Gasteiger partial charge in [0.15, 0.2) is 5.58 Å². The molecular formula is C33H19ClN6O15S4. The van der Waals surface area contributed by atoms with Gasteiger partial charge in [0, 0.05) is 27.2 Å². The molecule has 8 rings (SSSR count). The highest BCUT2D eigenvalue weighted by Gasteiger charge is 2.28. The molecule has 0 saturated carbocycles. The van der Waals surface area contributed by atoms with Crippen LogP contribution in [0.15, 0.2) is 112 Å². The molecule has 59 heavy (non-hydrogen) atoms. The number of rotatable bonds is 9. The molecule has 3 aromatic heterocycles. The zero-order valence-electron chi connectivity index (χ0n) is 28.6. The van der Waals surface area contributed by atoms with Crippen molar-refractivity contribution in [2.24, 2.45) is 0 Å². The van der Waals surface area contributed by atoms with Gasteiger partial charge in [-0.1, -0.05) is 12.1 Å². The molecule has 0 aliphatic carbocycles. The first kappa shape index (κ1) is 39.7. The van der Waals surface area contributed by atoms with Gasteiger partial charge in [-0.3, -0.25) is 27.8 Å². The van der Waals surface area contributed by atoms with Crippen LogP contribution in [0.25, 0.3) is 49.2 Å². The minimum Gasteiger partial charge on any atom is -0.455 e. The fraction of sp³-hybridized carbons (Fsp3) is 0. The molecule has 0 radical (unpaired) electrons. The topological polar surface area (TPSA) is 332 Å². The van der Waals surface area contributed by atoms with Crippen molar-refractivity contribution in [2.45, 2.75) is 19.6 Å². The van der Waals surface area contributed by atoms with Gasteiger partial charge in [0.05, 0.1) is 26.6 Å². The third-order valence-corrected chi connectivity index (χ3v) is 12.5. The number of nitrogens with zero attached hydrogens (tertiary/aromatic N) is 4. The van der Waals surface area contributed by atoms with Crippen molar-refractivity contribution in [3.05, 3.63) is 105 Å². The summed E-state index contributed by atoms with van der Waals surface area (Å²) in [6, 6.07) is 14.0. The maximum Gasteiger partial charge on any atom is 0.298 e. The number of halogens is 1. The molecule has 21 nitrogen and oxygen atoms in total. The Hall–Kier alpha value is -6.16. The van der Waals surface area contributed by atoms with Crippen molar-refractivity contribution in [3.63, 3.8) is 0 Å². The monoisotopic (exact) mass is 902 g/mol. The van der Waals surface area contributed by atoms with Crippen molar-refractivity contribution in [3.8, 4) is 5.69 Å². The van der Waals surface area contributed by atoms with E-state index in [0.29, 0.717) is 4.57 Å². The molecule has 0 spiro atoms. The second-order valence-electron chi connectivity index (χ2n) is 12.5. The predicted octanol–water partition coefficient (Wildman–Crippen LogP) is 4.15. The summed E-state index contributed by atoms with van der Waals surface area (Å²) in [6.07, 6.45) is 0. The van der Waals surface area contributed by atoms with Gasteiger partial charge in [0.1, 0.15) is 15.4 Å². The van der Waals surface area contributed by atoms with Crippen LogP contribution in [0.1, 0.15) is 0 Å². The van der Waals surface area contributed by atoms with Gasteiger partial charge in [-0.15, -0.1) is 0 Å². The third-order valence-electron chi connectivity index (χ3n) is 8.84. The van der Waals surface area contributed by atoms with Crippen molar-refractivity contribution in [2.75, 3.05) is 10.6 Å². The summed E-state index contributed by atoms with van der Waals surface area (Å²) < 4.78 is 144. The average molecular weight is 903 g/mol. The van der Waals surface area contributed by atoms with E-state index in [1.807, 2.05) is 0 Å². The van der Waals surface area contributed by atoms with Crippen LogP contribution >= 0.6 is 11.6 Å². The number of pyridine rings is 1. The Bertz CT molecular complexity index is 3750. The highest BCUT2D eigenvalue weighted by Crippen LogP contribution is 2.41. The molecule has 302 valence electrons. The zero-order valence-corrected chi connectivity index (χ0v) is 32.6. The van der Waals surface area contributed by atoms with Gasteiger partial charge in [0.25, 0.3) is 51.6 Å². The van der Waals surface area contributed by atoms with Crippen LogP contribution in [0.5, 0.6) is 0 Å². The fourth-order valence-corrected chi connectivity index (χ4v) is 8.94. The summed E-state index contributed by atoms with van der Waals surface area (Å²) in [6.45, 7) is 0. The minimum absolute atomic E-state index is 0.00884. The molecule has 0 atom stereocenters. The second kappa shape index (κ2) is 13.4. The Kier molecular flexibility index (Phi) is 9.03. The molecule has 0 bridgehead atoms. The van der Waals surface area contributed by atoms with E-state index < -0.39 is 105 Å². The fourth-order valence-electron chi connectivity index (χ4n) is 6.43. The van der Waals surface area contributed by atoms with Crippen LogP contribution in [0.2, 0.25) is 5.28 Å². The summed E-state index contributed by atoms with van der Waals surface area (Å²) in [5.74, 6) is -0.731. The zero-order chi connectivity index (χ0) is 42.6. The Morgan fingerprint density at radius 3 is 1.86 bits per heavy atom. The largest absolute Gasteiger partial charge is 0.455 e. The Balaban J connectivity index is 1.29. The number of nitrogens with one attached hydrogen (secondary N) is 2. The summed E-state index contributed by atoms with van der Waals surface area (Å²) in [4.78, 5) is 37.3. The third kappa shape index (κ3) is 7.08. The summed E-state index contributed by atoms with van der Waals surface area (Å²) in [7, 11) is -19.7. The normalized spacial score (nSPS) is 12.8. The standard InChI is InChI=1S/C33H19ClN6O15S4/c34-31-37-32(35-14-2-1-3-16(10-14)56(43,44)45)39-33(38-31)36-22-8-4-15(11-24(22)58(49,50)51)40-29(41)19-7-6-18-20-12-17(57(46,47)48)5-9-23(20)55-28-25(59(52,53)54)13-21(30(40)42)26(19)27(18)28/h1-13H,(H,43,44,45)(H,46,47,48)(H,49,50,51)(H,52,53,54)(H2,35,36,37,38,39). The van der Waals surface area contributed by atoms with E-state index in [1.165, 1.54) is 24.3 Å². The molecule has 5 aromatic carbocycles. The van der Waals surface area contributed by atoms with E-state index in [1.54, 1.807) is 0 Å². The summed E-state index contributed by atoms with van der Waals surface area (Å²) in [5, 5.41) is 3.66. The van der Waals surface area contributed by atoms with Crippen LogP contribution in [0, 0.1) is 0 Å². The van der Waals surface area contributed by atoms with E-state index in [-0.39, 0.29) is 44.1 Å². The molecule has 0 aliphatic heterocycles. The molecule has 26 heteroatoms. The van der Waals surface area contributed by atoms with Crippen molar-refractivity contribution in [1.82, 2.24) is 19.5 Å². The lowest BCUT2D eigenvalue weighted by Crippen LogP contribution is -2.32. The summed E-state index contributed by atoms with van der Waals surface area (Å²) in [5.41, 5.74) is -3.72. The van der Waals surface area contributed by atoms with Crippen LogP contribution in [0.4, 0.5) is 23.3 Å². The van der Waals surface area contributed by atoms with Gasteiger partial charge in [-0.25, -0.2) is 4.57 Å². The van der Waals surface area contributed by atoms with E-state index in [0.717, 1.165) is 54.6 Å². The SMILES string of the molecule is O=c1c2ccc3c4cc(S(=O)(=O)O)ccc4oc4c(S(=O)(=O)O)cc(c(=O)n1-c1ccc(Nc5nc(Cl)nc(Nc6cccc(S(=O)(=O)O)c6)n5)c(S(=O)(=O)O)c1)c2c43. The maximum absolute atomic E-state index is 14.2. The molecule has 0 fully saturated rings. The molecule has 0 unspecified atom stereocenters. The first-order valence-corrected chi connectivity index (χ1v) is 22.1. The Morgan fingerprint density at radius 1 is 0.576 bits per heavy atom. The Morgan fingerprint density at radius 2 is 1.20 bits per heavy atom. The van der Waals surface area contributed by atoms with E-state index >= 15 is 0 Å². The average Bonchev–Trinajstić information content (AvgIpc) is 3.13. The number of hydrogen-bond donors (Lipinski definition) is 6. The molecular weight excluding hydrogens is 884 g/mol. The first-order chi connectivity index (χ1) is 27.5. The molecule has 3 heterocycles. The van der Waals surface area contributed by atoms with Gasteiger partial charge in [-0.2, -0.15) is 48.6 Å². The van der Waals surface area contributed by atoms with Crippen LogP contribution in [0.3, 0.4) is 0 Å². The lowest BCUT2D eigenvalue weighted by molar-refractivity contribution is 0.480. The van der Waals surface area contributed by atoms with Crippen LogP contribution < -0.4 is 21.8 Å². The first-order valence-electron chi connectivity index (χ1n) is 15.9. The molecule has 0 amide bonds. The van der Waals surface area contributed by atoms with E-state index in [4.69, 9.17) is 16.0 Å². The lowest BCUT2D eigenvalue weighted by atomic mass is 9.96. The van der Waals surface area contributed by atoms with Crippen LogP contribution in [-0.2, 0) is 40.5 Å². The van der Waals surface area contributed by atoms with Gasteiger partial charge < -0.3 is 15.1 Å². The Labute approximate surface area is 333 Å². The van der Waals surface area contributed by atoms with Gasteiger partial charge in [0.2, 0.25) is 17.2 Å². The van der Waals surface area contributed by atoms with Crippen LogP contribution in [-0.4, -0.2) is 71.4 Å². The van der Waals surface area contributed by atoms with Gasteiger partial charge >= 0.3 is 0 Å². The van der Waals surface area contributed by atoms with Crippen molar-refractivity contribution < 1.29 is 56.3 Å². The van der Waals surface area contributed by atoms with Gasteiger partial charge in [-0.05, 0) is 83.7 Å². The smallest absolute Gasteiger partial charge is 0.298 e. The second-order valence-corrected chi connectivity index (χ2v) is 18.4. The van der Waals surface area contributed by atoms with Crippen molar-refractivity contribution >= 4 is 119 Å². The predicted molar refractivity (Wildman–Crippen MR) is 209 cm³/mol. The highest BCUT2D eigenvalue weighted by molar-refractivity contribution is 7.86. The number of aromatic nitrogens is 4. The molecule has 0 saturated heterocycles. The maximum atomic E-state index is 14.2. The highest BCUT2D eigenvalue weighted by atomic mass is 35.5. The van der Waals surface area contributed by atoms with Crippen molar-refractivity contribution in [1.29, 1.82) is 0 Å². The lowest BCUT2D eigenvalue weighted by Gasteiger charge is -2.17. The number of fused-ring (bicyclic) bond motifs is 2. The number of benzene rings is 5. The van der Waals surface area contributed by atoms with E-state index in [9.17, 15) is 61.5 Å². The quantitative estimate of drug-likeness (QED) is 0.0673. The molecule has 6 N–H and O–H groups in total. The minimum atomic E-state index is -5.22. The number of hydrogen-bond acceptors (Lipinski definition) is 16. The summed E-state index contributed by atoms with van der Waals surface area (Å²) >= 11 is 6.05.